The van der Waals surface area contributed by atoms with Gasteiger partial charge in [0, 0.05) is 11.6 Å². The number of carbonyl (C=O) groups excluding carboxylic acids is 1. The number of esters is 1. The van der Waals surface area contributed by atoms with Crippen molar-refractivity contribution in [2.24, 2.45) is 0 Å². The maximum atomic E-state index is 13.2. The number of alkyl halides is 6. The number of halogens is 6. The Hall–Kier alpha value is -2.37. The number of anilines is 1. The Bertz CT molecular complexity index is 690. The number of methoxy groups -OCH3 is 2. The first-order valence-electron chi connectivity index (χ1n) is 7.80. The van der Waals surface area contributed by atoms with Crippen LogP contribution in [0.4, 0.5) is 32.0 Å². The van der Waals surface area contributed by atoms with E-state index in [1.54, 1.807) is 6.92 Å². The molecule has 0 heterocycles. The van der Waals surface area contributed by atoms with Gasteiger partial charge < -0.3 is 24.6 Å². The van der Waals surface area contributed by atoms with E-state index >= 15 is 0 Å². The van der Waals surface area contributed by atoms with Gasteiger partial charge in [-0.2, -0.15) is 26.3 Å². The largest absolute Gasteiger partial charge is 0.496 e. The highest BCUT2D eigenvalue weighted by atomic mass is 19.4. The first-order chi connectivity index (χ1) is 12.7. The van der Waals surface area contributed by atoms with Gasteiger partial charge in [-0.1, -0.05) is 0 Å². The molecule has 0 bridgehead atoms. The molecule has 28 heavy (non-hydrogen) atoms. The van der Waals surface area contributed by atoms with Crippen molar-refractivity contribution in [3.63, 3.8) is 0 Å². The molecular formula is C16H19F6NO5. The summed E-state index contributed by atoms with van der Waals surface area (Å²) in [4.78, 5) is 11.7. The third-order valence-corrected chi connectivity index (χ3v) is 3.74. The lowest BCUT2D eigenvalue weighted by atomic mass is 9.90. The molecule has 0 fully saturated rings. The minimum Gasteiger partial charge on any atom is -0.496 e. The third-order valence-electron chi connectivity index (χ3n) is 3.74. The number of hydrogen-bond donors (Lipinski definition) is 2. The quantitative estimate of drug-likeness (QED) is 0.521. The van der Waals surface area contributed by atoms with E-state index in [0.717, 1.165) is 20.3 Å². The fourth-order valence-corrected chi connectivity index (χ4v) is 2.32. The van der Waals surface area contributed by atoms with Gasteiger partial charge in [-0.3, -0.25) is 0 Å². The van der Waals surface area contributed by atoms with Crippen LogP contribution in [0.3, 0.4) is 0 Å². The summed E-state index contributed by atoms with van der Waals surface area (Å²) in [7, 11) is 1.82. The van der Waals surface area contributed by atoms with Crippen LogP contribution in [0, 0.1) is 0 Å². The Morgan fingerprint density at radius 2 is 1.57 bits per heavy atom. The van der Waals surface area contributed by atoms with Crippen LogP contribution in [-0.2, 0) is 15.1 Å². The number of benzene rings is 1. The average Bonchev–Trinajstić information content (AvgIpc) is 2.58. The number of hydrogen-bond acceptors (Lipinski definition) is 6. The molecule has 0 saturated heterocycles. The zero-order valence-corrected chi connectivity index (χ0v) is 15.3. The van der Waals surface area contributed by atoms with Crippen molar-refractivity contribution in [3.8, 4) is 11.5 Å². The molecule has 1 aromatic rings. The molecule has 1 aromatic carbocycles. The molecule has 0 aliphatic rings. The Balaban J connectivity index is 3.58. The monoisotopic (exact) mass is 419 g/mol. The maximum Gasteiger partial charge on any atom is 0.430 e. The molecular weight excluding hydrogens is 400 g/mol. The highest BCUT2D eigenvalue weighted by Crippen LogP contribution is 2.53. The summed E-state index contributed by atoms with van der Waals surface area (Å²) >= 11 is 0. The molecule has 1 atom stereocenters. The first kappa shape index (κ1) is 23.7. The summed E-state index contributed by atoms with van der Waals surface area (Å²) in [5, 5.41) is 12.2. The van der Waals surface area contributed by atoms with Crippen molar-refractivity contribution in [2.75, 3.05) is 26.1 Å². The average molecular weight is 419 g/mol. The second-order valence-electron chi connectivity index (χ2n) is 5.58. The molecule has 1 unspecified atom stereocenters. The Labute approximate surface area is 156 Å². The van der Waals surface area contributed by atoms with Gasteiger partial charge in [0.2, 0.25) is 0 Å². The van der Waals surface area contributed by atoms with Crippen molar-refractivity contribution < 1.29 is 50.5 Å². The predicted molar refractivity (Wildman–Crippen MR) is 85.3 cm³/mol. The second-order valence-corrected chi connectivity index (χ2v) is 5.58. The highest BCUT2D eigenvalue weighted by molar-refractivity contribution is 5.80. The molecule has 0 saturated carbocycles. The Kier molecular flexibility index (Phi) is 7.04. The van der Waals surface area contributed by atoms with Crippen LogP contribution >= 0.6 is 0 Å². The van der Waals surface area contributed by atoms with Crippen LogP contribution in [0.5, 0.6) is 11.5 Å². The van der Waals surface area contributed by atoms with Crippen molar-refractivity contribution in [3.05, 3.63) is 17.7 Å². The molecule has 12 heteroatoms. The fraction of sp³-hybridized carbons (Fsp3) is 0.562. The van der Waals surface area contributed by atoms with Crippen LogP contribution in [0.2, 0.25) is 0 Å². The second kappa shape index (κ2) is 8.33. The zero-order chi connectivity index (χ0) is 21.9. The number of rotatable bonds is 7. The SMILES string of the molecule is CCOC(=O)C(C)Nc1cc(OC)c(C(O)(C(F)(F)F)C(F)(F)F)cc1OC. The topological polar surface area (TPSA) is 77.0 Å². The van der Waals surface area contributed by atoms with Gasteiger partial charge in [-0.15, -0.1) is 0 Å². The predicted octanol–water partition coefficient (Wildman–Crippen LogP) is 3.38. The van der Waals surface area contributed by atoms with Gasteiger partial charge >= 0.3 is 18.3 Å². The van der Waals surface area contributed by atoms with Crippen LogP contribution in [0.25, 0.3) is 0 Å². The van der Waals surface area contributed by atoms with Crippen LogP contribution in [0.1, 0.15) is 19.4 Å². The molecule has 0 amide bonds. The summed E-state index contributed by atoms with van der Waals surface area (Å²) in [6.07, 6.45) is -12.2. The first-order valence-corrected chi connectivity index (χ1v) is 7.80. The summed E-state index contributed by atoms with van der Waals surface area (Å²) in [6, 6.07) is 0.0975. The lowest BCUT2D eigenvalue weighted by Crippen LogP contribution is -2.54. The number of aliphatic hydroxyl groups is 1. The summed E-state index contributed by atoms with van der Waals surface area (Å²) in [5.74, 6) is -2.12. The number of ether oxygens (including phenoxy) is 3. The van der Waals surface area contributed by atoms with Crippen molar-refractivity contribution in [2.45, 2.75) is 37.8 Å². The van der Waals surface area contributed by atoms with E-state index in [9.17, 15) is 36.2 Å². The van der Waals surface area contributed by atoms with E-state index < -0.39 is 47.0 Å². The van der Waals surface area contributed by atoms with E-state index in [-0.39, 0.29) is 12.3 Å². The zero-order valence-electron chi connectivity index (χ0n) is 15.3. The summed E-state index contributed by atoms with van der Waals surface area (Å²) < 4.78 is 93.4. The summed E-state index contributed by atoms with van der Waals surface area (Å²) in [5.41, 5.74) is -6.96. The standard InChI is InChI=1S/C16H19F6NO5/c1-5-28-13(24)8(2)23-10-7-11(26-3)9(6-12(10)27-4)14(25,15(17,18)19)16(20,21)22/h6-8,23,25H,5H2,1-4H3. The summed E-state index contributed by atoms with van der Waals surface area (Å²) in [6.45, 7) is 2.98. The van der Waals surface area contributed by atoms with E-state index in [1.807, 2.05) is 0 Å². The van der Waals surface area contributed by atoms with E-state index in [0.29, 0.717) is 6.07 Å². The fourth-order valence-electron chi connectivity index (χ4n) is 2.32. The van der Waals surface area contributed by atoms with Crippen LogP contribution in [-0.4, -0.2) is 50.3 Å². The van der Waals surface area contributed by atoms with Gasteiger partial charge in [0.15, 0.2) is 0 Å². The van der Waals surface area contributed by atoms with E-state index in [2.05, 4.69) is 10.1 Å². The smallest absolute Gasteiger partial charge is 0.430 e. The lowest BCUT2D eigenvalue weighted by Gasteiger charge is -2.34. The minimum atomic E-state index is -6.10. The third kappa shape index (κ3) is 4.37. The van der Waals surface area contributed by atoms with Crippen molar-refractivity contribution >= 4 is 11.7 Å². The van der Waals surface area contributed by atoms with Crippen LogP contribution in [0.15, 0.2) is 12.1 Å². The molecule has 0 aromatic heterocycles. The van der Waals surface area contributed by atoms with E-state index in [1.165, 1.54) is 6.92 Å². The van der Waals surface area contributed by atoms with Crippen molar-refractivity contribution in [1.82, 2.24) is 0 Å². The van der Waals surface area contributed by atoms with Crippen molar-refractivity contribution in [1.29, 1.82) is 0 Å². The lowest BCUT2D eigenvalue weighted by molar-refractivity contribution is -0.376. The number of carbonyl (C=O) groups is 1. The van der Waals surface area contributed by atoms with Gasteiger partial charge in [0.05, 0.1) is 26.5 Å². The molecule has 0 aliphatic heterocycles. The minimum absolute atomic E-state index is 0.0639. The molecule has 0 spiro atoms. The van der Waals surface area contributed by atoms with Gasteiger partial charge in [0.25, 0.3) is 5.60 Å². The van der Waals surface area contributed by atoms with Crippen LogP contribution < -0.4 is 14.8 Å². The van der Waals surface area contributed by atoms with E-state index in [4.69, 9.17) is 9.47 Å². The van der Waals surface area contributed by atoms with Gasteiger partial charge in [-0.25, -0.2) is 4.79 Å². The molecule has 160 valence electrons. The molecule has 6 nitrogen and oxygen atoms in total. The normalized spacial score (nSPS) is 13.7. The molecule has 2 N–H and O–H groups in total. The van der Waals surface area contributed by atoms with Gasteiger partial charge in [-0.05, 0) is 19.9 Å². The Morgan fingerprint density at radius 3 is 1.96 bits per heavy atom. The maximum absolute atomic E-state index is 13.2. The number of nitrogens with one attached hydrogen (secondary N) is 1. The Morgan fingerprint density at radius 1 is 1.07 bits per heavy atom. The molecule has 0 radical (unpaired) electrons. The molecule has 0 aliphatic carbocycles. The van der Waals surface area contributed by atoms with Gasteiger partial charge in [0.1, 0.15) is 17.5 Å². The molecule has 1 rings (SSSR count). The highest BCUT2D eigenvalue weighted by Gasteiger charge is 2.72.